The second kappa shape index (κ2) is 5.40. The third kappa shape index (κ3) is 2.61. The second-order valence-corrected chi connectivity index (χ2v) is 4.77. The van der Waals surface area contributed by atoms with E-state index < -0.39 is 0 Å². The highest BCUT2D eigenvalue weighted by Crippen LogP contribution is 2.24. The van der Waals surface area contributed by atoms with Crippen LogP contribution >= 0.6 is 0 Å². The molecular formula is C14H18N2O3. The van der Waals surface area contributed by atoms with Crippen molar-refractivity contribution in [1.29, 1.82) is 0 Å². The quantitative estimate of drug-likeness (QED) is 0.823. The summed E-state index contributed by atoms with van der Waals surface area (Å²) in [6.45, 7) is 2.46. The molecule has 19 heavy (non-hydrogen) atoms. The summed E-state index contributed by atoms with van der Waals surface area (Å²) < 4.78 is 5.25. The molecule has 5 heteroatoms. The summed E-state index contributed by atoms with van der Waals surface area (Å²) in [4.78, 5) is 24.9. The van der Waals surface area contributed by atoms with Crippen molar-refractivity contribution in [3.05, 3.63) is 29.3 Å². The van der Waals surface area contributed by atoms with Gasteiger partial charge < -0.3 is 10.5 Å². The first-order valence-corrected chi connectivity index (χ1v) is 6.27. The first-order valence-electron chi connectivity index (χ1n) is 6.27. The van der Waals surface area contributed by atoms with Crippen molar-refractivity contribution in [2.75, 3.05) is 7.11 Å². The summed E-state index contributed by atoms with van der Waals surface area (Å²) in [6.07, 6.45) is 0.302. The number of likely N-dealkylation sites (tertiary alicyclic amines) is 1. The molecule has 1 unspecified atom stereocenters. The molecule has 0 radical (unpaired) electrons. The van der Waals surface area contributed by atoms with Crippen LogP contribution in [-0.2, 0) is 22.7 Å². The number of hydrogen-bond acceptors (Lipinski definition) is 4. The predicted octanol–water partition coefficient (Wildman–Crippen LogP) is 1.05. The van der Waals surface area contributed by atoms with Gasteiger partial charge in [0.15, 0.2) is 0 Å². The van der Waals surface area contributed by atoms with Crippen LogP contribution in [0.15, 0.2) is 18.2 Å². The van der Waals surface area contributed by atoms with Gasteiger partial charge in [-0.1, -0.05) is 19.1 Å². The molecule has 1 fully saturated rings. The van der Waals surface area contributed by atoms with Gasteiger partial charge in [0.25, 0.3) is 0 Å². The van der Waals surface area contributed by atoms with Gasteiger partial charge in [0.05, 0.1) is 13.7 Å². The topological polar surface area (TPSA) is 72.6 Å². The number of methoxy groups -OCH3 is 1. The lowest BCUT2D eigenvalue weighted by Gasteiger charge is -2.16. The van der Waals surface area contributed by atoms with Gasteiger partial charge >= 0.3 is 0 Å². The van der Waals surface area contributed by atoms with Crippen molar-refractivity contribution < 1.29 is 14.3 Å². The number of imide groups is 1. The number of carbonyl (C=O) groups is 2. The second-order valence-electron chi connectivity index (χ2n) is 4.77. The molecule has 1 aliphatic heterocycles. The van der Waals surface area contributed by atoms with E-state index in [9.17, 15) is 9.59 Å². The number of nitrogens with two attached hydrogens (primary N) is 1. The molecule has 1 aliphatic rings. The van der Waals surface area contributed by atoms with Crippen molar-refractivity contribution in [3.63, 3.8) is 0 Å². The molecular weight excluding hydrogens is 244 g/mol. The molecule has 1 heterocycles. The molecule has 1 saturated heterocycles. The fourth-order valence-electron chi connectivity index (χ4n) is 2.25. The van der Waals surface area contributed by atoms with E-state index in [4.69, 9.17) is 10.5 Å². The largest absolute Gasteiger partial charge is 0.496 e. The maximum Gasteiger partial charge on any atom is 0.232 e. The van der Waals surface area contributed by atoms with E-state index in [1.54, 1.807) is 14.0 Å². The Bertz CT molecular complexity index is 513. The van der Waals surface area contributed by atoms with E-state index in [-0.39, 0.29) is 17.7 Å². The Morgan fingerprint density at radius 1 is 1.42 bits per heavy atom. The van der Waals surface area contributed by atoms with Crippen LogP contribution in [0, 0.1) is 5.92 Å². The van der Waals surface area contributed by atoms with Crippen LogP contribution in [0.2, 0.25) is 0 Å². The van der Waals surface area contributed by atoms with Gasteiger partial charge in [-0.15, -0.1) is 0 Å². The minimum atomic E-state index is -0.210. The van der Waals surface area contributed by atoms with Crippen molar-refractivity contribution in [3.8, 4) is 5.75 Å². The zero-order valence-electron chi connectivity index (χ0n) is 11.2. The Kier molecular flexibility index (Phi) is 3.85. The van der Waals surface area contributed by atoms with E-state index in [1.807, 2.05) is 18.2 Å². The van der Waals surface area contributed by atoms with Gasteiger partial charge in [0.1, 0.15) is 5.75 Å². The first-order chi connectivity index (χ1) is 9.06. The van der Waals surface area contributed by atoms with Gasteiger partial charge in [-0.3, -0.25) is 14.5 Å². The average Bonchev–Trinajstić information content (AvgIpc) is 2.65. The summed E-state index contributed by atoms with van der Waals surface area (Å²) in [5, 5.41) is 0. The molecule has 0 aliphatic carbocycles. The van der Waals surface area contributed by atoms with Crippen molar-refractivity contribution >= 4 is 11.8 Å². The number of rotatable bonds is 4. The van der Waals surface area contributed by atoms with Gasteiger partial charge in [-0.05, 0) is 11.6 Å². The zero-order chi connectivity index (χ0) is 14.0. The first kappa shape index (κ1) is 13.5. The molecule has 5 nitrogen and oxygen atoms in total. The Labute approximate surface area is 112 Å². The van der Waals surface area contributed by atoms with E-state index >= 15 is 0 Å². The van der Waals surface area contributed by atoms with E-state index in [2.05, 4.69) is 0 Å². The van der Waals surface area contributed by atoms with Crippen LogP contribution < -0.4 is 10.5 Å². The number of nitrogens with zero attached hydrogens (tertiary/aromatic N) is 1. The SMILES string of the molecule is COc1cc(CN2C(=O)CC(C)C2=O)ccc1CN. The van der Waals surface area contributed by atoms with Crippen molar-refractivity contribution in [1.82, 2.24) is 4.90 Å². The highest BCUT2D eigenvalue weighted by atomic mass is 16.5. The monoisotopic (exact) mass is 262 g/mol. The van der Waals surface area contributed by atoms with Gasteiger partial charge in [0, 0.05) is 24.4 Å². The molecule has 0 saturated carbocycles. The Morgan fingerprint density at radius 2 is 2.16 bits per heavy atom. The standard InChI is InChI=1S/C14H18N2O3/c1-9-5-13(17)16(14(9)18)8-10-3-4-11(7-15)12(6-10)19-2/h3-4,6,9H,5,7-8,15H2,1-2H3. The average molecular weight is 262 g/mol. The third-order valence-electron chi connectivity index (χ3n) is 3.38. The van der Waals surface area contributed by atoms with Crippen LogP contribution in [0.4, 0.5) is 0 Å². The summed E-state index contributed by atoms with van der Waals surface area (Å²) in [5.41, 5.74) is 7.37. The molecule has 2 N–H and O–H groups in total. The third-order valence-corrected chi connectivity index (χ3v) is 3.38. The molecule has 0 bridgehead atoms. The smallest absolute Gasteiger partial charge is 0.232 e. The fourth-order valence-corrected chi connectivity index (χ4v) is 2.25. The van der Waals surface area contributed by atoms with E-state index in [0.717, 1.165) is 11.1 Å². The molecule has 0 aromatic heterocycles. The molecule has 102 valence electrons. The van der Waals surface area contributed by atoms with Crippen LogP contribution in [0.3, 0.4) is 0 Å². The summed E-state index contributed by atoms with van der Waals surface area (Å²) in [5.74, 6) is 0.260. The highest BCUT2D eigenvalue weighted by Gasteiger charge is 2.35. The van der Waals surface area contributed by atoms with Crippen LogP contribution in [-0.4, -0.2) is 23.8 Å². The number of amides is 2. The number of ether oxygens (including phenoxy) is 1. The lowest BCUT2D eigenvalue weighted by molar-refractivity contribution is -0.139. The summed E-state index contributed by atoms with van der Waals surface area (Å²) >= 11 is 0. The van der Waals surface area contributed by atoms with Gasteiger partial charge in [-0.2, -0.15) is 0 Å². The Balaban J connectivity index is 2.20. The molecule has 0 spiro atoms. The van der Waals surface area contributed by atoms with Crippen LogP contribution in [0.1, 0.15) is 24.5 Å². The zero-order valence-corrected chi connectivity index (χ0v) is 11.2. The molecule has 1 atom stereocenters. The van der Waals surface area contributed by atoms with Gasteiger partial charge in [-0.25, -0.2) is 0 Å². The van der Waals surface area contributed by atoms with E-state index in [1.165, 1.54) is 4.90 Å². The lowest BCUT2D eigenvalue weighted by atomic mass is 10.1. The molecule has 1 aromatic carbocycles. The fraction of sp³-hybridized carbons (Fsp3) is 0.429. The lowest BCUT2D eigenvalue weighted by Crippen LogP contribution is -2.29. The van der Waals surface area contributed by atoms with Crippen molar-refractivity contribution in [2.24, 2.45) is 11.7 Å². The summed E-state index contributed by atoms with van der Waals surface area (Å²) in [6, 6.07) is 5.56. The highest BCUT2D eigenvalue weighted by molar-refractivity contribution is 6.03. The minimum Gasteiger partial charge on any atom is -0.496 e. The maximum absolute atomic E-state index is 11.9. The number of carbonyl (C=O) groups excluding carboxylic acids is 2. The molecule has 1 aromatic rings. The van der Waals surface area contributed by atoms with E-state index in [0.29, 0.717) is 25.3 Å². The van der Waals surface area contributed by atoms with Crippen LogP contribution in [0.5, 0.6) is 5.75 Å². The number of benzene rings is 1. The Hall–Kier alpha value is -1.88. The Morgan fingerprint density at radius 3 is 2.68 bits per heavy atom. The molecule has 2 rings (SSSR count). The predicted molar refractivity (Wildman–Crippen MR) is 70.2 cm³/mol. The normalized spacial score (nSPS) is 19.1. The van der Waals surface area contributed by atoms with Gasteiger partial charge in [0.2, 0.25) is 11.8 Å². The van der Waals surface area contributed by atoms with Crippen molar-refractivity contribution in [2.45, 2.75) is 26.4 Å². The summed E-state index contributed by atoms with van der Waals surface area (Å²) in [7, 11) is 1.58. The molecule has 2 amide bonds. The maximum atomic E-state index is 11.9. The van der Waals surface area contributed by atoms with Crippen LogP contribution in [0.25, 0.3) is 0 Å². The number of hydrogen-bond donors (Lipinski definition) is 1. The minimum absolute atomic E-state index is 0.105.